The summed E-state index contributed by atoms with van der Waals surface area (Å²) in [5, 5.41) is 7.63. The van der Waals surface area contributed by atoms with E-state index in [0.717, 1.165) is 55.4 Å². The fourth-order valence-corrected chi connectivity index (χ4v) is 3.32. The van der Waals surface area contributed by atoms with Crippen molar-refractivity contribution in [2.45, 2.75) is 33.1 Å². The summed E-state index contributed by atoms with van der Waals surface area (Å²) in [6.45, 7) is 6.60. The first kappa shape index (κ1) is 18.7. The summed E-state index contributed by atoms with van der Waals surface area (Å²) in [6.07, 6.45) is 5.06. The van der Waals surface area contributed by atoms with Crippen LogP contribution in [0.3, 0.4) is 0 Å². The molecule has 0 spiro atoms. The molecule has 0 aliphatic carbocycles. The van der Waals surface area contributed by atoms with Gasteiger partial charge in [0.25, 0.3) is 5.91 Å². The summed E-state index contributed by atoms with van der Waals surface area (Å²) < 4.78 is 1.77. The molecule has 0 bridgehead atoms. The van der Waals surface area contributed by atoms with E-state index in [0.29, 0.717) is 5.56 Å². The third-order valence-electron chi connectivity index (χ3n) is 4.78. The van der Waals surface area contributed by atoms with Crippen molar-refractivity contribution in [1.82, 2.24) is 24.8 Å². The van der Waals surface area contributed by atoms with Crippen LogP contribution in [0.5, 0.6) is 0 Å². The predicted molar refractivity (Wildman–Crippen MR) is 96.9 cm³/mol. The van der Waals surface area contributed by atoms with Crippen molar-refractivity contribution in [3.8, 4) is 0 Å². The molecule has 2 aromatic heterocycles. The molecular formula is C17H26ClN5O. The van der Waals surface area contributed by atoms with Gasteiger partial charge in [-0.15, -0.1) is 12.4 Å². The standard InChI is InChI=1S/C17H25N5O.ClH/c1-12-10-16-19-11-15(13(2)22(16)20-12)17(23)21-8-5-14(6-9-21)4-7-18-3;/h10-11,14,18H,4-9H2,1-3H3;1H. The summed E-state index contributed by atoms with van der Waals surface area (Å²) in [4.78, 5) is 19.2. The topological polar surface area (TPSA) is 62.5 Å². The van der Waals surface area contributed by atoms with Crippen LogP contribution in [0.25, 0.3) is 5.65 Å². The average Bonchev–Trinajstić information content (AvgIpc) is 2.95. The van der Waals surface area contributed by atoms with Gasteiger partial charge in [-0.25, -0.2) is 9.50 Å². The zero-order chi connectivity index (χ0) is 16.4. The first-order valence-corrected chi connectivity index (χ1v) is 8.36. The number of hydrogen-bond acceptors (Lipinski definition) is 4. The van der Waals surface area contributed by atoms with Crippen LogP contribution >= 0.6 is 12.4 Å². The molecule has 0 aromatic carbocycles. The number of piperidine rings is 1. The lowest BCUT2D eigenvalue weighted by atomic mass is 9.93. The van der Waals surface area contributed by atoms with Gasteiger partial charge in [0.15, 0.2) is 5.65 Å². The van der Waals surface area contributed by atoms with Gasteiger partial charge < -0.3 is 10.2 Å². The molecule has 24 heavy (non-hydrogen) atoms. The molecule has 0 atom stereocenters. The number of amides is 1. The lowest BCUT2D eigenvalue weighted by Crippen LogP contribution is -2.39. The molecule has 132 valence electrons. The maximum atomic E-state index is 12.8. The molecule has 1 fully saturated rings. The summed E-state index contributed by atoms with van der Waals surface area (Å²) in [7, 11) is 1.99. The second-order valence-corrected chi connectivity index (χ2v) is 6.44. The molecule has 2 aromatic rings. The van der Waals surface area contributed by atoms with E-state index in [9.17, 15) is 4.79 Å². The van der Waals surface area contributed by atoms with Crippen molar-refractivity contribution in [2.75, 3.05) is 26.7 Å². The molecule has 3 rings (SSSR count). The zero-order valence-corrected chi connectivity index (χ0v) is 15.4. The molecule has 1 amide bonds. The largest absolute Gasteiger partial charge is 0.339 e. The molecule has 3 heterocycles. The van der Waals surface area contributed by atoms with Crippen LogP contribution in [-0.2, 0) is 0 Å². The van der Waals surface area contributed by atoms with Crippen molar-refractivity contribution >= 4 is 24.0 Å². The van der Waals surface area contributed by atoms with Crippen molar-refractivity contribution in [1.29, 1.82) is 0 Å². The smallest absolute Gasteiger partial charge is 0.257 e. The summed E-state index contributed by atoms with van der Waals surface area (Å²) >= 11 is 0. The number of carbonyl (C=O) groups is 1. The zero-order valence-electron chi connectivity index (χ0n) is 14.6. The first-order valence-electron chi connectivity index (χ1n) is 8.36. The number of fused-ring (bicyclic) bond motifs is 1. The lowest BCUT2D eigenvalue weighted by molar-refractivity contribution is 0.0685. The van der Waals surface area contributed by atoms with Crippen molar-refractivity contribution in [2.24, 2.45) is 5.92 Å². The van der Waals surface area contributed by atoms with Gasteiger partial charge in [0.05, 0.1) is 17.0 Å². The minimum Gasteiger partial charge on any atom is -0.339 e. The monoisotopic (exact) mass is 351 g/mol. The third kappa shape index (κ3) is 3.70. The Kier molecular flexibility index (Phi) is 6.18. The number of aromatic nitrogens is 3. The number of likely N-dealkylation sites (tertiary alicyclic amines) is 1. The minimum absolute atomic E-state index is 0. The Balaban J connectivity index is 0.00000208. The van der Waals surface area contributed by atoms with E-state index in [1.807, 2.05) is 31.9 Å². The second-order valence-electron chi connectivity index (χ2n) is 6.44. The van der Waals surface area contributed by atoms with Crippen LogP contribution in [0.2, 0.25) is 0 Å². The summed E-state index contributed by atoms with van der Waals surface area (Å²) in [5.41, 5.74) is 3.23. The maximum Gasteiger partial charge on any atom is 0.257 e. The normalized spacial score (nSPS) is 15.5. The van der Waals surface area contributed by atoms with Crippen molar-refractivity contribution in [3.63, 3.8) is 0 Å². The number of halogens is 1. The number of rotatable bonds is 4. The van der Waals surface area contributed by atoms with Gasteiger partial charge >= 0.3 is 0 Å². The second kappa shape index (κ2) is 7.94. The summed E-state index contributed by atoms with van der Waals surface area (Å²) in [6, 6.07) is 1.93. The van der Waals surface area contributed by atoms with E-state index in [2.05, 4.69) is 15.4 Å². The van der Waals surface area contributed by atoms with Crippen molar-refractivity contribution < 1.29 is 4.79 Å². The van der Waals surface area contributed by atoms with E-state index in [1.54, 1.807) is 10.7 Å². The average molecular weight is 352 g/mol. The van der Waals surface area contributed by atoms with Gasteiger partial charge in [0.2, 0.25) is 0 Å². The molecular weight excluding hydrogens is 326 g/mol. The van der Waals surface area contributed by atoms with Gasteiger partial charge in [-0.05, 0) is 52.6 Å². The fourth-order valence-electron chi connectivity index (χ4n) is 3.32. The molecule has 0 radical (unpaired) electrons. The molecule has 0 unspecified atom stereocenters. The summed E-state index contributed by atoms with van der Waals surface area (Å²) in [5.74, 6) is 0.805. The molecule has 6 nitrogen and oxygen atoms in total. The van der Waals surface area contributed by atoms with Crippen LogP contribution in [0.15, 0.2) is 12.3 Å². The van der Waals surface area contributed by atoms with Gasteiger partial charge in [-0.1, -0.05) is 0 Å². The molecule has 1 aliphatic rings. The highest BCUT2D eigenvalue weighted by Crippen LogP contribution is 2.22. The van der Waals surface area contributed by atoms with E-state index in [4.69, 9.17) is 0 Å². The number of nitrogens with zero attached hydrogens (tertiary/aromatic N) is 4. The quantitative estimate of drug-likeness (QED) is 0.917. The van der Waals surface area contributed by atoms with Crippen LogP contribution in [0.4, 0.5) is 0 Å². The third-order valence-corrected chi connectivity index (χ3v) is 4.78. The molecule has 0 saturated carbocycles. The Labute approximate surface area is 149 Å². The van der Waals surface area contributed by atoms with Crippen LogP contribution in [0.1, 0.15) is 41.0 Å². The maximum absolute atomic E-state index is 12.8. The highest BCUT2D eigenvalue weighted by atomic mass is 35.5. The Morgan fingerprint density at radius 3 is 2.71 bits per heavy atom. The Morgan fingerprint density at radius 2 is 2.04 bits per heavy atom. The Morgan fingerprint density at radius 1 is 1.33 bits per heavy atom. The Bertz CT molecular complexity index is 706. The minimum atomic E-state index is 0. The van der Waals surface area contributed by atoms with Crippen molar-refractivity contribution in [3.05, 3.63) is 29.2 Å². The Hall–Kier alpha value is -1.66. The van der Waals surface area contributed by atoms with Gasteiger partial charge in [0.1, 0.15) is 0 Å². The number of carbonyl (C=O) groups excluding carboxylic acids is 1. The van der Waals surface area contributed by atoms with Crippen LogP contribution < -0.4 is 5.32 Å². The lowest BCUT2D eigenvalue weighted by Gasteiger charge is -2.32. The first-order chi connectivity index (χ1) is 11.1. The van der Waals surface area contributed by atoms with Gasteiger partial charge in [-0.3, -0.25) is 4.79 Å². The molecule has 1 N–H and O–H groups in total. The number of aryl methyl sites for hydroxylation is 2. The van der Waals surface area contributed by atoms with Gasteiger partial charge in [-0.2, -0.15) is 5.10 Å². The molecule has 1 saturated heterocycles. The highest BCUT2D eigenvalue weighted by Gasteiger charge is 2.25. The fraction of sp³-hybridized carbons (Fsp3) is 0.588. The van der Waals surface area contributed by atoms with E-state index in [1.165, 1.54) is 6.42 Å². The van der Waals surface area contributed by atoms with E-state index >= 15 is 0 Å². The molecule has 1 aliphatic heterocycles. The SMILES string of the molecule is CNCCC1CCN(C(=O)c2cnc3cc(C)nn3c2C)CC1.Cl. The highest BCUT2D eigenvalue weighted by molar-refractivity contribution is 5.95. The predicted octanol–water partition coefficient (Wildman–Crippen LogP) is 2.23. The van der Waals surface area contributed by atoms with Gasteiger partial charge in [0, 0.05) is 25.4 Å². The van der Waals surface area contributed by atoms with Crippen LogP contribution in [0, 0.1) is 19.8 Å². The van der Waals surface area contributed by atoms with E-state index < -0.39 is 0 Å². The number of nitrogens with one attached hydrogen (secondary N) is 1. The number of hydrogen-bond donors (Lipinski definition) is 1. The van der Waals surface area contributed by atoms with E-state index in [-0.39, 0.29) is 18.3 Å². The van der Waals surface area contributed by atoms with Crippen LogP contribution in [-0.4, -0.2) is 52.1 Å². The molecule has 7 heteroatoms.